The fourth-order valence-electron chi connectivity index (χ4n) is 4.74. The molecule has 2 amide bonds. The lowest BCUT2D eigenvalue weighted by Gasteiger charge is -2.31. The number of carbonyl (C=O) groups excluding carboxylic acids is 2. The monoisotopic (exact) mass is 458 g/mol. The van der Waals surface area contributed by atoms with E-state index in [1.165, 1.54) is 5.56 Å². The van der Waals surface area contributed by atoms with Crippen LogP contribution >= 0.6 is 0 Å². The van der Waals surface area contributed by atoms with Crippen molar-refractivity contribution in [3.63, 3.8) is 0 Å². The van der Waals surface area contributed by atoms with Crippen LogP contribution in [0, 0.1) is 5.92 Å². The zero-order valence-corrected chi connectivity index (χ0v) is 19.4. The molecule has 2 aliphatic heterocycles. The summed E-state index contributed by atoms with van der Waals surface area (Å²) in [7, 11) is 0. The Bertz CT molecular complexity index is 1150. The molecule has 0 spiro atoms. The first-order valence-electron chi connectivity index (χ1n) is 12.0. The molecule has 0 unspecified atom stereocenters. The average Bonchev–Trinajstić information content (AvgIpc) is 3.32. The van der Waals surface area contributed by atoms with E-state index in [1.54, 1.807) is 6.33 Å². The van der Waals surface area contributed by atoms with E-state index in [9.17, 15) is 9.59 Å². The van der Waals surface area contributed by atoms with Crippen LogP contribution in [0.5, 0.6) is 0 Å². The van der Waals surface area contributed by atoms with Crippen LogP contribution in [0.15, 0.2) is 60.9 Å². The van der Waals surface area contributed by atoms with Gasteiger partial charge in [-0.05, 0) is 42.5 Å². The van der Waals surface area contributed by atoms with Gasteiger partial charge in [-0.15, -0.1) is 0 Å². The first kappa shape index (κ1) is 22.3. The second-order valence-corrected chi connectivity index (χ2v) is 9.01. The van der Waals surface area contributed by atoms with Crippen LogP contribution in [-0.2, 0) is 29.1 Å². The van der Waals surface area contributed by atoms with Crippen LogP contribution in [-0.4, -0.2) is 39.4 Å². The number of hydrogen-bond acceptors (Lipinski definition) is 4. The number of imidazole rings is 1. The first-order valence-corrected chi connectivity index (χ1v) is 12.0. The normalized spacial score (nSPS) is 18.4. The Morgan fingerprint density at radius 3 is 2.50 bits per heavy atom. The van der Waals surface area contributed by atoms with Gasteiger partial charge in [-0.2, -0.15) is 0 Å². The summed E-state index contributed by atoms with van der Waals surface area (Å²) in [6, 6.07) is 18.1. The molecule has 1 saturated heterocycles. The first-order chi connectivity index (χ1) is 16.6. The Hall–Kier alpha value is -3.45. The predicted octanol–water partition coefficient (Wildman–Crippen LogP) is 4.21. The van der Waals surface area contributed by atoms with E-state index in [-0.39, 0.29) is 23.8 Å². The highest BCUT2D eigenvalue weighted by atomic mass is 16.5. The molecule has 0 radical (unpaired) electrons. The molecule has 2 aromatic carbocycles. The number of anilines is 1. The Morgan fingerprint density at radius 1 is 1.06 bits per heavy atom. The van der Waals surface area contributed by atoms with E-state index in [1.807, 2.05) is 51.9 Å². The minimum atomic E-state index is -0.0965. The van der Waals surface area contributed by atoms with Gasteiger partial charge in [0.1, 0.15) is 6.10 Å². The van der Waals surface area contributed by atoms with Crippen LogP contribution in [0.2, 0.25) is 0 Å². The summed E-state index contributed by atoms with van der Waals surface area (Å²) in [6.07, 6.45) is 3.96. The van der Waals surface area contributed by atoms with Gasteiger partial charge in [0.2, 0.25) is 5.91 Å². The SMILES string of the molecule is CCc1ccc(NC(=O)C2CCN(C(=O)c3ncn4c3CO[C@@H](c3ccccc3)C4)CC2)cc1. The van der Waals surface area contributed by atoms with Crippen molar-refractivity contribution in [1.29, 1.82) is 0 Å². The van der Waals surface area contributed by atoms with E-state index >= 15 is 0 Å². The number of nitrogens with zero attached hydrogens (tertiary/aromatic N) is 3. The largest absolute Gasteiger partial charge is 0.365 e. The van der Waals surface area contributed by atoms with Crippen LogP contribution in [0.3, 0.4) is 0 Å². The Balaban J connectivity index is 1.17. The van der Waals surface area contributed by atoms with Gasteiger partial charge in [0.15, 0.2) is 5.69 Å². The van der Waals surface area contributed by atoms with Crippen molar-refractivity contribution in [3.8, 4) is 0 Å². The Labute approximate surface area is 199 Å². The average molecular weight is 459 g/mol. The number of likely N-dealkylation sites (tertiary alicyclic amines) is 1. The number of benzene rings is 2. The van der Waals surface area contributed by atoms with Gasteiger partial charge in [0.05, 0.1) is 25.2 Å². The van der Waals surface area contributed by atoms with E-state index in [0.29, 0.717) is 44.8 Å². The van der Waals surface area contributed by atoms with E-state index in [4.69, 9.17) is 4.74 Å². The topological polar surface area (TPSA) is 76.5 Å². The van der Waals surface area contributed by atoms with Crippen molar-refractivity contribution in [1.82, 2.24) is 14.5 Å². The van der Waals surface area contributed by atoms with Crippen LogP contribution in [0.1, 0.15) is 53.2 Å². The molecule has 5 rings (SSSR count). The molecule has 1 aromatic heterocycles. The summed E-state index contributed by atoms with van der Waals surface area (Å²) in [4.78, 5) is 32.2. The number of carbonyl (C=O) groups is 2. The molecule has 1 fully saturated rings. The van der Waals surface area contributed by atoms with Gasteiger partial charge in [-0.3, -0.25) is 9.59 Å². The second kappa shape index (κ2) is 9.81. The summed E-state index contributed by atoms with van der Waals surface area (Å²) in [5.41, 5.74) is 4.47. The van der Waals surface area contributed by atoms with Crippen LogP contribution in [0.4, 0.5) is 5.69 Å². The fraction of sp³-hybridized carbons (Fsp3) is 0.370. The number of ether oxygens (including phenoxy) is 1. The molecule has 7 heteroatoms. The minimum absolute atomic E-state index is 0.0241. The van der Waals surface area contributed by atoms with Crippen molar-refractivity contribution in [2.45, 2.75) is 45.4 Å². The molecule has 34 heavy (non-hydrogen) atoms. The van der Waals surface area contributed by atoms with Gasteiger partial charge in [-0.1, -0.05) is 49.4 Å². The van der Waals surface area contributed by atoms with Gasteiger partial charge < -0.3 is 19.5 Å². The Kier molecular flexibility index (Phi) is 6.45. The minimum Gasteiger partial charge on any atom is -0.365 e. The standard InChI is InChI=1S/C27H30N4O3/c1-2-19-8-10-22(11-9-19)29-26(32)21-12-14-30(15-13-21)27(33)25-23-17-34-24(16-31(23)18-28-25)20-6-4-3-5-7-20/h3-11,18,21,24H,2,12-17H2,1H3,(H,29,32)/t24-/m1/s1. The smallest absolute Gasteiger partial charge is 0.274 e. The lowest BCUT2D eigenvalue weighted by Crippen LogP contribution is -2.42. The van der Waals surface area contributed by atoms with Gasteiger partial charge in [-0.25, -0.2) is 4.98 Å². The van der Waals surface area contributed by atoms with Crippen molar-refractivity contribution in [2.24, 2.45) is 5.92 Å². The molecule has 3 aromatic rings. The number of hydrogen-bond donors (Lipinski definition) is 1. The second-order valence-electron chi connectivity index (χ2n) is 9.01. The maximum atomic E-state index is 13.2. The summed E-state index contributed by atoms with van der Waals surface area (Å²) >= 11 is 0. The molecule has 3 heterocycles. The molecule has 1 N–H and O–H groups in total. The number of nitrogens with one attached hydrogen (secondary N) is 1. The maximum Gasteiger partial charge on any atom is 0.274 e. The van der Waals surface area contributed by atoms with Crippen molar-refractivity contribution in [3.05, 3.63) is 83.4 Å². The molecule has 176 valence electrons. The molecule has 7 nitrogen and oxygen atoms in total. The number of fused-ring (bicyclic) bond motifs is 1. The number of piperidine rings is 1. The zero-order valence-electron chi connectivity index (χ0n) is 19.4. The molecule has 2 aliphatic rings. The predicted molar refractivity (Wildman–Crippen MR) is 129 cm³/mol. The molecular weight excluding hydrogens is 428 g/mol. The number of rotatable bonds is 5. The van der Waals surface area contributed by atoms with E-state index in [2.05, 4.69) is 29.4 Å². The van der Waals surface area contributed by atoms with E-state index in [0.717, 1.165) is 23.4 Å². The summed E-state index contributed by atoms with van der Waals surface area (Å²) < 4.78 is 8.09. The Morgan fingerprint density at radius 2 is 1.79 bits per heavy atom. The van der Waals surface area contributed by atoms with Gasteiger partial charge in [0, 0.05) is 24.7 Å². The summed E-state index contributed by atoms with van der Waals surface area (Å²) in [5, 5.41) is 3.02. The van der Waals surface area contributed by atoms with Crippen molar-refractivity contribution in [2.75, 3.05) is 18.4 Å². The molecular formula is C27H30N4O3. The molecule has 0 aliphatic carbocycles. The highest BCUT2D eigenvalue weighted by Gasteiger charge is 2.32. The van der Waals surface area contributed by atoms with Crippen molar-refractivity contribution >= 4 is 17.5 Å². The third-order valence-electron chi connectivity index (χ3n) is 6.89. The van der Waals surface area contributed by atoms with Gasteiger partial charge >= 0.3 is 0 Å². The van der Waals surface area contributed by atoms with Crippen LogP contribution in [0.25, 0.3) is 0 Å². The van der Waals surface area contributed by atoms with E-state index < -0.39 is 0 Å². The van der Waals surface area contributed by atoms with Crippen molar-refractivity contribution < 1.29 is 14.3 Å². The summed E-state index contributed by atoms with van der Waals surface area (Å²) in [5.74, 6) is -0.152. The quantitative estimate of drug-likeness (QED) is 0.622. The van der Waals surface area contributed by atoms with Gasteiger partial charge in [0.25, 0.3) is 5.91 Å². The molecule has 0 saturated carbocycles. The molecule has 1 atom stereocenters. The third kappa shape index (κ3) is 4.61. The highest BCUT2D eigenvalue weighted by molar-refractivity contribution is 5.95. The fourth-order valence-corrected chi connectivity index (χ4v) is 4.74. The number of aromatic nitrogens is 2. The third-order valence-corrected chi connectivity index (χ3v) is 6.89. The number of aryl methyl sites for hydroxylation is 1. The zero-order chi connectivity index (χ0) is 23.5. The highest BCUT2D eigenvalue weighted by Crippen LogP contribution is 2.29. The lowest BCUT2D eigenvalue weighted by molar-refractivity contribution is -0.121. The maximum absolute atomic E-state index is 13.2. The number of amides is 2. The molecule has 0 bridgehead atoms. The van der Waals surface area contributed by atoms with Crippen LogP contribution < -0.4 is 5.32 Å². The summed E-state index contributed by atoms with van der Waals surface area (Å²) in [6.45, 7) is 4.20. The lowest BCUT2D eigenvalue weighted by atomic mass is 9.95.